The molecule has 0 aromatic heterocycles. The normalized spacial score (nSPS) is 16.8. The van der Waals surface area contributed by atoms with Gasteiger partial charge >= 0.3 is 6.18 Å². The number of amidine groups is 1. The molecule has 4 rings (SSSR count). The second-order valence-electron chi connectivity index (χ2n) is 8.06. The number of piperazine rings is 1. The van der Waals surface area contributed by atoms with Crippen LogP contribution in [0.3, 0.4) is 0 Å². The molecule has 32 heavy (non-hydrogen) atoms. The number of aliphatic imine (C=N–C) groups is 1. The summed E-state index contributed by atoms with van der Waals surface area (Å²) in [5, 5.41) is 0. The molecule has 1 fully saturated rings. The SMILES string of the molecule is CN1CCN(Cc2ccc(OCC#Cc3ccc4c(c3)CN=C4N)cc2C(F)(F)F)CC1. The summed E-state index contributed by atoms with van der Waals surface area (Å²) in [7, 11) is 2.02. The average molecular weight is 442 g/mol. The molecule has 0 amide bonds. The molecule has 0 unspecified atom stereocenters. The van der Waals surface area contributed by atoms with Gasteiger partial charge in [-0.2, -0.15) is 13.2 Å². The minimum Gasteiger partial charge on any atom is -0.481 e. The molecule has 0 saturated carbocycles. The van der Waals surface area contributed by atoms with Crippen LogP contribution in [0.4, 0.5) is 13.2 Å². The number of alkyl halides is 3. The first-order chi connectivity index (χ1) is 15.3. The number of hydrogen-bond donors (Lipinski definition) is 1. The van der Waals surface area contributed by atoms with Gasteiger partial charge in [0.05, 0.1) is 12.1 Å². The highest BCUT2D eigenvalue weighted by atomic mass is 19.4. The number of rotatable bonds is 4. The largest absolute Gasteiger partial charge is 0.481 e. The molecule has 2 aliphatic heterocycles. The number of hydrogen-bond acceptors (Lipinski definition) is 5. The molecule has 8 heteroatoms. The Bertz CT molecular complexity index is 1080. The lowest BCUT2D eigenvalue weighted by atomic mass is 10.1. The number of halogens is 3. The minimum atomic E-state index is -4.44. The predicted octanol–water partition coefficient (Wildman–Crippen LogP) is 3.10. The fourth-order valence-electron chi connectivity index (χ4n) is 3.86. The van der Waals surface area contributed by atoms with Crippen molar-refractivity contribution in [2.45, 2.75) is 19.3 Å². The molecular formula is C24H25F3N4O. The average Bonchev–Trinajstić information content (AvgIpc) is 3.13. The maximum Gasteiger partial charge on any atom is 0.416 e. The fourth-order valence-corrected chi connectivity index (χ4v) is 3.86. The van der Waals surface area contributed by atoms with Crippen LogP contribution in [0, 0.1) is 11.8 Å². The van der Waals surface area contributed by atoms with Crippen LogP contribution in [0.1, 0.15) is 27.8 Å². The summed E-state index contributed by atoms with van der Waals surface area (Å²) in [5.74, 6) is 6.52. The number of nitrogens with zero attached hydrogens (tertiary/aromatic N) is 3. The topological polar surface area (TPSA) is 54.1 Å². The van der Waals surface area contributed by atoms with E-state index in [9.17, 15) is 13.2 Å². The molecule has 168 valence electrons. The first-order valence-corrected chi connectivity index (χ1v) is 10.5. The molecule has 2 heterocycles. The smallest absolute Gasteiger partial charge is 0.416 e. The molecular weight excluding hydrogens is 417 g/mol. The Morgan fingerprint density at radius 1 is 1.09 bits per heavy atom. The summed E-state index contributed by atoms with van der Waals surface area (Å²) >= 11 is 0. The zero-order valence-corrected chi connectivity index (χ0v) is 17.9. The molecule has 2 aromatic rings. The highest BCUT2D eigenvalue weighted by molar-refractivity contribution is 6.00. The molecule has 2 aromatic carbocycles. The molecule has 5 nitrogen and oxygen atoms in total. The van der Waals surface area contributed by atoms with E-state index >= 15 is 0 Å². The van der Waals surface area contributed by atoms with Crippen LogP contribution < -0.4 is 10.5 Å². The molecule has 1 saturated heterocycles. The van der Waals surface area contributed by atoms with Gasteiger partial charge in [0.2, 0.25) is 0 Å². The third-order valence-corrected chi connectivity index (χ3v) is 5.72. The highest BCUT2D eigenvalue weighted by Gasteiger charge is 2.34. The van der Waals surface area contributed by atoms with Crippen molar-refractivity contribution < 1.29 is 17.9 Å². The third kappa shape index (κ3) is 5.23. The minimum absolute atomic E-state index is 0.00910. The lowest BCUT2D eigenvalue weighted by Crippen LogP contribution is -2.44. The first kappa shape index (κ1) is 22.2. The van der Waals surface area contributed by atoms with E-state index in [0.717, 1.165) is 48.9 Å². The molecule has 0 radical (unpaired) electrons. The van der Waals surface area contributed by atoms with Gasteiger partial charge in [-0.15, -0.1) is 0 Å². The zero-order chi connectivity index (χ0) is 22.7. The lowest BCUT2D eigenvalue weighted by Gasteiger charge is -2.32. The Kier molecular flexibility index (Phi) is 6.40. The van der Waals surface area contributed by atoms with E-state index in [1.54, 1.807) is 6.07 Å². The summed E-state index contributed by atoms with van der Waals surface area (Å²) in [6, 6.07) is 9.80. The number of benzene rings is 2. The summed E-state index contributed by atoms with van der Waals surface area (Å²) in [6.07, 6.45) is -4.44. The van der Waals surface area contributed by atoms with Gasteiger partial charge in [-0.3, -0.25) is 9.89 Å². The number of likely N-dealkylation sites (N-methyl/N-ethyl adjacent to an activating group) is 1. The number of nitrogens with two attached hydrogens (primary N) is 1. The molecule has 0 atom stereocenters. The second-order valence-corrected chi connectivity index (χ2v) is 8.06. The Morgan fingerprint density at radius 3 is 2.62 bits per heavy atom. The lowest BCUT2D eigenvalue weighted by molar-refractivity contribution is -0.138. The van der Waals surface area contributed by atoms with Crippen molar-refractivity contribution in [1.29, 1.82) is 0 Å². The van der Waals surface area contributed by atoms with Crippen LogP contribution in [-0.4, -0.2) is 55.5 Å². The van der Waals surface area contributed by atoms with Gasteiger partial charge < -0.3 is 15.4 Å². The maximum atomic E-state index is 13.7. The Labute approximate surface area is 185 Å². The molecule has 0 spiro atoms. The van der Waals surface area contributed by atoms with Gasteiger partial charge in [0.1, 0.15) is 18.2 Å². The van der Waals surface area contributed by atoms with E-state index in [4.69, 9.17) is 10.5 Å². The quantitative estimate of drug-likeness (QED) is 0.740. The van der Waals surface area contributed by atoms with E-state index < -0.39 is 11.7 Å². The number of fused-ring (bicyclic) bond motifs is 1. The van der Waals surface area contributed by atoms with Gasteiger partial charge in [-0.25, -0.2) is 0 Å². The standard InChI is InChI=1S/C24H25F3N4O/c1-30-8-10-31(11-9-30)16-18-5-6-20(14-22(18)24(25,26)27)32-12-2-3-17-4-7-21-19(13-17)15-29-23(21)28/h4-7,13-14H,8-12,15-16H2,1H3,(H2,28,29). The predicted molar refractivity (Wildman–Crippen MR) is 117 cm³/mol. The van der Waals surface area contributed by atoms with Gasteiger partial charge in [-0.05, 0) is 48.5 Å². The third-order valence-electron chi connectivity index (χ3n) is 5.72. The van der Waals surface area contributed by atoms with Crippen molar-refractivity contribution in [1.82, 2.24) is 9.80 Å². The first-order valence-electron chi connectivity index (χ1n) is 10.5. The molecule has 2 N–H and O–H groups in total. The van der Waals surface area contributed by atoms with Crippen LogP contribution >= 0.6 is 0 Å². The van der Waals surface area contributed by atoms with Crippen LogP contribution in [0.15, 0.2) is 41.4 Å². The number of ether oxygens (including phenoxy) is 1. The van der Waals surface area contributed by atoms with Gasteiger partial charge in [-0.1, -0.05) is 17.9 Å². The van der Waals surface area contributed by atoms with Crippen molar-refractivity contribution in [2.75, 3.05) is 39.8 Å². The van der Waals surface area contributed by atoms with Gasteiger partial charge in [0.15, 0.2) is 0 Å². The van der Waals surface area contributed by atoms with E-state index in [2.05, 4.69) is 21.7 Å². The van der Waals surface area contributed by atoms with Crippen LogP contribution in [0.5, 0.6) is 5.75 Å². The van der Waals surface area contributed by atoms with Crippen LogP contribution in [0.25, 0.3) is 0 Å². The summed E-state index contributed by atoms with van der Waals surface area (Å²) in [4.78, 5) is 8.40. The Morgan fingerprint density at radius 2 is 1.88 bits per heavy atom. The monoisotopic (exact) mass is 442 g/mol. The summed E-state index contributed by atoms with van der Waals surface area (Å²) in [6.45, 7) is 4.01. The van der Waals surface area contributed by atoms with Crippen molar-refractivity contribution in [3.05, 3.63) is 64.2 Å². The second kappa shape index (κ2) is 9.23. The Hall–Kier alpha value is -3.02. The van der Waals surface area contributed by atoms with E-state index in [0.29, 0.717) is 12.4 Å². The Balaban J connectivity index is 1.41. The van der Waals surface area contributed by atoms with Crippen LogP contribution in [0.2, 0.25) is 0 Å². The molecule has 0 aliphatic carbocycles. The van der Waals surface area contributed by atoms with Crippen molar-refractivity contribution in [3.63, 3.8) is 0 Å². The molecule has 0 bridgehead atoms. The van der Waals surface area contributed by atoms with Crippen LogP contribution in [-0.2, 0) is 19.3 Å². The van der Waals surface area contributed by atoms with Gasteiger partial charge in [0, 0.05) is 43.9 Å². The fraction of sp³-hybridized carbons (Fsp3) is 0.375. The zero-order valence-electron chi connectivity index (χ0n) is 17.9. The van der Waals surface area contributed by atoms with E-state index in [1.807, 2.05) is 30.1 Å². The van der Waals surface area contributed by atoms with Crippen molar-refractivity contribution >= 4 is 5.84 Å². The summed E-state index contributed by atoms with van der Waals surface area (Å²) in [5.41, 5.74) is 8.13. The van der Waals surface area contributed by atoms with E-state index in [-0.39, 0.29) is 24.5 Å². The van der Waals surface area contributed by atoms with Gasteiger partial charge in [0.25, 0.3) is 0 Å². The highest BCUT2D eigenvalue weighted by Crippen LogP contribution is 2.35. The van der Waals surface area contributed by atoms with Crippen molar-refractivity contribution in [2.24, 2.45) is 10.7 Å². The summed E-state index contributed by atoms with van der Waals surface area (Å²) < 4.78 is 46.5. The molecule has 2 aliphatic rings. The maximum absolute atomic E-state index is 13.7. The van der Waals surface area contributed by atoms with E-state index in [1.165, 1.54) is 6.07 Å². The van der Waals surface area contributed by atoms with Crippen molar-refractivity contribution in [3.8, 4) is 17.6 Å².